The third kappa shape index (κ3) is 3.25. The highest BCUT2D eigenvalue weighted by Gasteiger charge is 2.49. The number of hydrogen-bond donors (Lipinski definition) is 1. The van der Waals surface area contributed by atoms with E-state index in [0.717, 1.165) is 11.3 Å². The Morgan fingerprint density at radius 3 is 2.68 bits per heavy atom. The number of benzene rings is 1. The lowest BCUT2D eigenvalue weighted by atomic mass is 10.1. The first kappa shape index (κ1) is 18.8. The molecule has 4 atom stereocenters. The van der Waals surface area contributed by atoms with Gasteiger partial charge in [-0.15, -0.1) is 11.3 Å². The van der Waals surface area contributed by atoms with Crippen LogP contribution < -0.4 is 4.74 Å². The van der Waals surface area contributed by atoms with Gasteiger partial charge in [0.25, 0.3) is 0 Å². The lowest BCUT2D eigenvalue weighted by molar-refractivity contribution is -0.0138. The number of ether oxygens (including phenoxy) is 4. The molecule has 1 aromatic heterocycles. The van der Waals surface area contributed by atoms with Crippen LogP contribution in [0.15, 0.2) is 18.2 Å². The van der Waals surface area contributed by atoms with Gasteiger partial charge in [-0.25, -0.2) is 9.78 Å². The van der Waals surface area contributed by atoms with Crippen molar-refractivity contribution >= 4 is 17.3 Å². The molecule has 0 aliphatic carbocycles. The van der Waals surface area contributed by atoms with Crippen molar-refractivity contribution in [2.75, 3.05) is 20.3 Å². The van der Waals surface area contributed by atoms with E-state index in [1.54, 1.807) is 32.2 Å². The number of nitriles is 1. The quantitative estimate of drug-likeness (QED) is 0.811. The van der Waals surface area contributed by atoms with Gasteiger partial charge in [-0.3, -0.25) is 0 Å². The second-order valence-corrected chi connectivity index (χ2v) is 7.59. The van der Waals surface area contributed by atoms with E-state index in [2.05, 4.69) is 11.1 Å². The molecule has 8 nitrogen and oxygen atoms in total. The number of thiazole rings is 1. The molecule has 146 valence electrons. The van der Waals surface area contributed by atoms with Gasteiger partial charge in [-0.1, -0.05) is 0 Å². The van der Waals surface area contributed by atoms with Gasteiger partial charge in [0.2, 0.25) is 0 Å². The molecule has 2 aliphatic heterocycles. The van der Waals surface area contributed by atoms with E-state index < -0.39 is 5.97 Å². The first-order valence-electron chi connectivity index (χ1n) is 8.69. The van der Waals surface area contributed by atoms with Crippen molar-refractivity contribution < 1.29 is 28.8 Å². The average Bonchev–Trinajstić information content (AvgIpc) is 3.37. The zero-order chi connectivity index (χ0) is 19.8. The molecule has 0 saturated carbocycles. The number of carbonyl (C=O) groups is 1. The SMILES string of the molecule is CO[C@H]1CO[C@H]2[C@@H]1OC[C@@H]2Oc1ccc(-c2nc(C)c(C(=O)O)s2)cc1C#N. The van der Waals surface area contributed by atoms with Crippen molar-refractivity contribution in [3.05, 3.63) is 34.3 Å². The third-order valence-corrected chi connectivity index (χ3v) is 6.08. The minimum absolute atomic E-state index is 0.118. The maximum atomic E-state index is 11.2. The van der Waals surface area contributed by atoms with Crippen LogP contribution in [-0.2, 0) is 14.2 Å². The van der Waals surface area contributed by atoms with Gasteiger partial charge < -0.3 is 24.1 Å². The molecule has 0 amide bonds. The van der Waals surface area contributed by atoms with Crippen LogP contribution in [0.2, 0.25) is 0 Å². The summed E-state index contributed by atoms with van der Waals surface area (Å²) in [6.45, 7) is 2.46. The molecule has 0 spiro atoms. The monoisotopic (exact) mass is 402 g/mol. The summed E-state index contributed by atoms with van der Waals surface area (Å²) in [6, 6.07) is 7.25. The van der Waals surface area contributed by atoms with Gasteiger partial charge in [0.1, 0.15) is 40.0 Å². The maximum Gasteiger partial charge on any atom is 0.347 e. The van der Waals surface area contributed by atoms with Crippen LogP contribution in [0.1, 0.15) is 20.9 Å². The Morgan fingerprint density at radius 1 is 1.32 bits per heavy atom. The Hall–Kier alpha value is -2.51. The van der Waals surface area contributed by atoms with E-state index >= 15 is 0 Å². The molecule has 0 bridgehead atoms. The fourth-order valence-electron chi connectivity index (χ4n) is 3.47. The van der Waals surface area contributed by atoms with E-state index in [0.29, 0.717) is 40.8 Å². The van der Waals surface area contributed by atoms with Crippen LogP contribution in [0.25, 0.3) is 10.6 Å². The Kier molecular flexibility index (Phi) is 5.03. The second kappa shape index (κ2) is 7.48. The Balaban J connectivity index is 1.56. The first-order chi connectivity index (χ1) is 13.5. The van der Waals surface area contributed by atoms with Crippen LogP contribution in [0, 0.1) is 18.3 Å². The van der Waals surface area contributed by atoms with E-state index in [-0.39, 0.29) is 29.3 Å². The molecular weight excluding hydrogens is 384 g/mol. The van der Waals surface area contributed by atoms with Crippen molar-refractivity contribution in [2.45, 2.75) is 31.3 Å². The minimum atomic E-state index is -1.01. The lowest BCUT2D eigenvalue weighted by Gasteiger charge is -2.19. The lowest BCUT2D eigenvalue weighted by Crippen LogP contribution is -2.35. The predicted molar refractivity (Wildman–Crippen MR) is 98.7 cm³/mol. The summed E-state index contributed by atoms with van der Waals surface area (Å²) in [5.74, 6) is -0.583. The number of carboxylic acid groups (broad SMARTS) is 1. The molecule has 0 radical (unpaired) electrons. The number of carboxylic acids is 1. The fourth-order valence-corrected chi connectivity index (χ4v) is 4.37. The molecule has 1 N–H and O–H groups in total. The summed E-state index contributed by atoms with van der Waals surface area (Å²) >= 11 is 1.08. The Labute approximate surface area is 165 Å². The van der Waals surface area contributed by atoms with E-state index in [9.17, 15) is 15.2 Å². The predicted octanol–water partition coefficient (Wildman–Crippen LogP) is 2.25. The average molecular weight is 402 g/mol. The first-order valence-corrected chi connectivity index (χ1v) is 9.51. The van der Waals surface area contributed by atoms with Crippen molar-refractivity contribution in [1.29, 1.82) is 5.26 Å². The largest absolute Gasteiger partial charge is 0.484 e. The number of aromatic nitrogens is 1. The molecule has 0 unspecified atom stereocenters. The number of aromatic carboxylic acids is 1. The summed E-state index contributed by atoms with van der Waals surface area (Å²) in [6.07, 6.45) is -0.861. The molecular formula is C19H18N2O6S. The maximum absolute atomic E-state index is 11.2. The number of nitrogens with zero attached hydrogens (tertiary/aromatic N) is 2. The standard InChI is InChI=1S/C19H18N2O6S/c1-9-17(19(22)23)28-18(21-9)10-3-4-12(11(5-10)6-20)27-14-8-26-15-13(24-2)7-25-16(14)15/h3-5,13-16H,7-8H2,1-2H3,(H,22,23)/t13-,14-,15+,16+/m0/s1. The number of methoxy groups -OCH3 is 1. The highest BCUT2D eigenvalue weighted by molar-refractivity contribution is 7.17. The molecule has 4 rings (SSSR count). The molecule has 1 aromatic carbocycles. The number of aryl methyl sites for hydroxylation is 1. The zero-order valence-electron chi connectivity index (χ0n) is 15.2. The number of rotatable bonds is 5. The smallest absolute Gasteiger partial charge is 0.347 e. The van der Waals surface area contributed by atoms with Crippen LogP contribution in [0.5, 0.6) is 5.75 Å². The zero-order valence-corrected chi connectivity index (χ0v) is 16.1. The van der Waals surface area contributed by atoms with Crippen molar-refractivity contribution in [2.24, 2.45) is 0 Å². The van der Waals surface area contributed by atoms with Crippen LogP contribution in [0.3, 0.4) is 0 Å². The van der Waals surface area contributed by atoms with Gasteiger partial charge in [0.15, 0.2) is 6.10 Å². The van der Waals surface area contributed by atoms with E-state index in [1.165, 1.54) is 0 Å². The summed E-state index contributed by atoms with van der Waals surface area (Å²) in [5.41, 5.74) is 1.46. The van der Waals surface area contributed by atoms with Crippen LogP contribution >= 0.6 is 11.3 Å². The molecule has 2 aliphatic rings. The molecule has 2 aromatic rings. The normalized spacial score (nSPS) is 26.0. The van der Waals surface area contributed by atoms with Gasteiger partial charge in [-0.05, 0) is 25.1 Å². The van der Waals surface area contributed by atoms with Crippen molar-refractivity contribution in [3.63, 3.8) is 0 Å². The summed E-state index contributed by atoms with van der Waals surface area (Å²) in [7, 11) is 1.62. The fraction of sp³-hybridized carbons (Fsp3) is 0.421. The van der Waals surface area contributed by atoms with Crippen LogP contribution in [-0.4, -0.2) is 60.8 Å². The molecule has 9 heteroatoms. The van der Waals surface area contributed by atoms with Gasteiger partial charge in [0.05, 0.1) is 24.5 Å². The summed E-state index contributed by atoms with van der Waals surface area (Å²) in [4.78, 5) is 15.7. The van der Waals surface area contributed by atoms with Crippen molar-refractivity contribution in [3.8, 4) is 22.4 Å². The van der Waals surface area contributed by atoms with Crippen LogP contribution in [0.4, 0.5) is 0 Å². The molecule has 2 saturated heterocycles. The Morgan fingerprint density at radius 2 is 2.04 bits per heavy atom. The summed E-state index contributed by atoms with van der Waals surface area (Å²) < 4.78 is 22.9. The molecule has 28 heavy (non-hydrogen) atoms. The highest BCUT2D eigenvalue weighted by atomic mass is 32.1. The number of fused-ring (bicyclic) bond motifs is 1. The van der Waals surface area contributed by atoms with Gasteiger partial charge in [0, 0.05) is 12.7 Å². The third-order valence-electron chi connectivity index (χ3n) is 4.88. The second-order valence-electron chi connectivity index (χ2n) is 6.59. The molecule has 3 heterocycles. The topological polar surface area (TPSA) is 111 Å². The summed E-state index contributed by atoms with van der Waals surface area (Å²) in [5, 5.41) is 19.3. The van der Waals surface area contributed by atoms with Gasteiger partial charge >= 0.3 is 5.97 Å². The van der Waals surface area contributed by atoms with E-state index in [4.69, 9.17) is 18.9 Å². The van der Waals surface area contributed by atoms with E-state index in [1.807, 2.05) is 0 Å². The minimum Gasteiger partial charge on any atom is -0.484 e. The highest BCUT2D eigenvalue weighted by Crippen LogP contribution is 2.34. The number of hydrogen-bond acceptors (Lipinski definition) is 8. The van der Waals surface area contributed by atoms with Gasteiger partial charge in [-0.2, -0.15) is 5.26 Å². The Bertz CT molecular complexity index is 952. The van der Waals surface area contributed by atoms with Crippen molar-refractivity contribution in [1.82, 2.24) is 4.98 Å². The molecule has 2 fully saturated rings.